The summed E-state index contributed by atoms with van der Waals surface area (Å²) in [5.74, 6) is 0.742. The standard InChI is InChI=1S/C17H10ClN3O/c18-15(10-12-6-8-13(11-19)9-7-12)17-20-16(21-22-17)14-4-2-1-3-5-14/h1-10H/b15-10-. The normalized spacial score (nSPS) is 11.2. The largest absolute Gasteiger partial charge is 0.333 e. The van der Waals surface area contributed by atoms with Crippen LogP contribution in [0.3, 0.4) is 0 Å². The molecular formula is C17H10ClN3O. The summed E-state index contributed by atoms with van der Waals surface area (Å²) in [6.45, 7) is 0. The van der Waals surface area contributed by atoms with E-state index >= 15 is 0 Å². The van der Waals surface area contributed by atoms with Crippen LogP contribution >= 0.6 is 11.6 Å². The maximum Gasteiger partial charge on any atom is 0.269 e. The molecular weight excluding hydrogens is 298 g/mol. The molecule has 3 aromatic rings. The lowest BCUT2D eigenvalue weighted by Crippen LogP contribution is -1.81. The summed E-state index contributed by atoms with van der Waals surface area (Å²) in [6.07, 6.45) is 1.71. The van der Waals surface area contributed by atoms with Crippen LogP contribution in [0.15, 0.2) is 59.1 Å². The summed E-state index contributed by atoms with van der Waals surface area (Å²) in [5, 5.41) is 13.0. The second-order valence-electron chi connectivity index (χ2n) is 4.52. The molecule has 5 heteroatoms. The van der Waals surface area contributed by atoms with Gasteiger partial charge in [0.1, 0.15) is 5.03 Å². The molecule has 0 bridgehead atoms. The lowest BCUT2D eigenvalue weighted by molar-refractivity contribution is 0.410. The van der Waals surface area contributed by atoms with E-state index in [1.165, 1.54) is 0 Å². The number of nitriles is 1. The fraction of sp³-hybridized carbons (Fsp3) is 0. The Morgan fingerprint density at radius 1 is 1.09 bits per heavy atom. The highest BCUT2D eigenvalue weighted by atomic mass is 35.5. The number of rotatable bonds is 3. The Morgan fingerprint density at radius 2 is 1.82 bits per heavy atom. The molecule has 1 heterocycles. The van der Waals surface area contributed by atoms with Gasteiger partial charge < -0.3 is 4.52 Å². The fourth-order valence-corrected chi connectivity index (χ4v) is 2.09. The third kappa shape index (κ3) is 3.05. The van der Waals surface area contributed by atoms with Crippen molar-refractivity contribution in [3.8, 4) is 17.5 Å². The van der Waals surface area contributed by atoms with E-state index in [0.29, 0.717) is 16.4 Å². The van der Waals surface area contributed by atoms with Crippen LogP contribution in [0.25, 0.3) is 22.5 Å². The average molecular weight is 308 g/mol. The molecule has 106 valence electrons. The van der Waals surface area contributed by atoms with Crippen molar-refractivity contribution in [2.45, 2.75) is 0 Å². The minimum absolute atomic E-state index is 0.255. The first-order valence-corrected chi connectivity index (χ1v) is 6.91. The predicted molar refractivity (Wildman–Crippen MR) is 84.6 cm³/mol. The van der Waals surface area contributed by atoms with E-state index in [4.69, 9.17) is 21.4 Å². The van der Waals surface area contributed by atoms with Crippen LogP contribution < -0.4 is 0 Å². The quantitative estimate of drug-likeness (QED) is 0.722. The smallest absolute Gasteiger partial charge is 0.269 e. The molecule has 3 rings (SSSR count). The summed E-state index contributed by atoms with van der Waals surface area (Å²) < 4.78 is 5.18. The van der Waals surface area contributed by atoms with Crippen LogP contribution in [-0.4, -0.2) is 10.1 Å². The predicted octanol–water partition coefficient (Wildman–Crippen LogP) is 4.35. The van der Waals surface area contributed by atoms with E-state index in [1.54, 1.807) is 30.3 Å². The number of hydrogen-bond donors (Lipinski definition) is 0. The Labute approximate surface area is 132 Å². The number of halogens is 1. The highest BCUT2D eigenvalue weighted by molar-refractivity contribution is 6.50. The zero-order valence-electron chi connectivity index (χ0n) is 11.4. The minimum atomic E-state index is 0.255. The molecule has 0 fully saturated rings. The molecule has 2 aromatic carbocycles. The maximum atomic E-state index is 8.77. The lowest BCUT2D eigenvalue weighted by atomic mass is 10.1. The highest BCUT2D eigenvalue weighted by Crippen LogP contribution is 2.23. The van der Waals surface area contributed by atoms with Gasteiger partial charge in [-0.25, -0.2) is 0 Å². The Morgan fingerprint density at radius 3 is 2.50 bits per heavy atom. The molecule has 0 aliphatic heterocycles. The number of benzene rings is 2. The van der Waals surface area contributed by atoms with Gasteiger partial charge >= 0.3 is 0 Å². The van der Waals surface area contributed by atoms with Crippen molar-refractivity contribution in [3.63, 3.8) is 0 Å². The summed E-state index contributed by atoms with van der Waals surface area (Å²) >= 11 is 6.22. The van der Waals surface area contributed by atoms with Gasteiger partial charge in [0.05, 0.1) is 11.6 Å². The van der Waals surface area contributed by atoms with Gasteiger partial charge in [0, 0.05) is 5.56 Å². The third-order valence-electron chi connectivity index (χ3n) is 3.00. The molecule has 0 atom stereocenters. The Hall–Kier alpha value is -2.90. The molecule has 0 amide bonds. The molecule has 1 aromatic heterocycles. The van der Waals surface area contributed by atoms with Crippen molar-refractivity contribution < 1.29 is 4.52 Å². The molecule has 0 radical (unpaired) electrons. The van der Waals surface area contributed by atoms with Crippen molar-refractivity contribution in [2.75, 3.05) is 0 Å². The van der Waals surface area contributed by atoms with Gasteiger partial charge in [0.15, 0.2) is 0 Å². The zero-order valence-corrected chi connectivity index (χ0v) is 12.2. The summed E-state index contributed by atoms with van der Waals surface area (Å²) in [4.78, 5) is 4.28. The fourth-order valence-electron chi connectivity index (χ4n) is 1.89. The Kier molecular flexibility index (Phi) is 3.99. The van der Waals surface area contributed by atoms with Crippen LogP contribution in [0.1, 0.15) is 17.0 Å². The van der Waals surface area contributed by atoms with Crippen molar-refractivity contribution in [1.82, 2.24) is 10.1 Å². The van der Waals surface area contributed by atoms with E-state index in [0.717, 1.165) is 11.1 Å². The topological polar surface area (TPSA) is 62.7 Å². The van der Waals surface area contributed by atoms with Gasteiger partial charge in [-0.1, -0.05) is 59.2 Å². The first-order valence-electron chi connectivity index (χ1n) is 6.53. The van der Waals surface area contributed by atoms with Gasteiger partial charge in [0.2, 0.25) is 5.82 Å². The van der Waals surface area contributed by atoms with Crippen molar-refractivity contribution in [1.29, 1.82) is 5.26 Å². The molecule has 22 heavy (non-hydrogen) atoms. The summed E-state index contributed by atoms with van der Waals surface area (Å²) in [6, 6.07) is 18.6. The van der Waals surface area contributed by atoms with Crippen LogP contribution in [-0.2, 0) is 0 Å². The van der Waals surface area contributed by atoms with Gasteiger partial charge in [0.25, 0.3) is 5.89 Å². The lowest BCUT2D eigenvalue weighted by Gasteiger charge is -1.95. The van der Waals surface area contributed by atoms with Gasteiger partial charge in [-0.2, -0.15) is 10.2 Å². The van der Waals surface area contributed by atoms with E-state index in [-0.39, 0.29) is 5.89 Å². The van der Waals surface area contributed by atoms with Gasteiger partial charge in [-0.3, -0.25) is 0 Å². The minimum Gasteiger partial charge on any atom is -0.333 e. The van der Waals surface area contributed by atoms with Crippen LogP contribution in [0, 0.1) is 11.3 Å². The number of nitrogens with zero attached hydrogens (tertiary/aromatic N) is 3. The molecule has 0 spiro atoms. The second kappa shape index (κ2) is 6.25. The summed E-state index contributed by atoms with van der Waals surface area (Å²) in [5.41, 5.74) is 2.31. The first-order chi connectivity index (χ1) is 10.8. The Bertz CT molecular complexity index is 846. The molecule has 0 aliphatic carbocycles. The molecule has 4 nitrogen and oxygen atoms in total. The third-order valence-corrected chi connectivity index (χ3v) is 3.27. The zero-order chi connectivity index (χ0) is 15.4. The molecule has 0 aliphatic rings. The van der Waals surface area contributed by atoms with E-state index < -0.39 is 0 Å². The monoisotopic (exact) mass is 307 g/mol. The average Bonchev–Trinajstić information content (AvgIpc) is 3.06. The van der Waals surface area contributed by atoms with Crippen LogP contribution in [0.5, 0.6) is 0 Å². The van der Waals surface area contributed by atoms with Crippen molar-refractivity contribution >= 4 is 22.7 Å². The maximum absolute atomic E-state index is 8.77. The van der Waals surface area contributed by atoms with E-state index in [9.17, 15) is 0 Å². The molecule has 0 unspecified atom stereocenters. The summed E-state index contributed by atoms with van der Waals surface area (Å²) in [7, 11) is 0. The van der Waals surface area contributed by atoms with Crippen LogP contribution in [0.2, 0.25) is 0 Å². The van der Waals surface area contributed by atoms with E-state index in [2.05, 4.69) is 16.2 Å². The van der Waals surface area contributed by atoms with Crippen LogP contribution in [0.4, 0.5) is 0 Å². The molecule has 0 saturated carbocycles. The van der Waals surface area contributed by atoms with Crippen molar-refractivity contribution in [2.24, 2.45) is 0 Å². The Balaban J connectivity index is 1.86. The molecule has 0 N–H and O–H groups in total. The SMILES string of the molecule is N#Cc1ccc(/C=C(\Cl)c2nc(-c3ccccc3)no2)cc1. The first kappa shape index (κ1) is 14.1. The van der Waals surface area contributed by atoms with Gasteiger partial charge in [-0.05, 0) is 23.8 Å². The number of aromatic nitrogens is 2. The van der Waals surface area contributed by atoms with E-state index in [1.807, 2.05) is 30.3 Å². The van der Waals surface area contributed by atoms with Crippen molar-refractivity contribution in [3.05, 3.63) is 71.6 Å². The number of hydrogen-bond acceptors (Lipinski definition) is 4. The van der Waals surface area contributed by atoms with Gasteiger partial charge in [-0.15, -0.1) is 0 Å². The molecule has 0 saturated heterocycles. The highest BCUT2D eigenvalue weighted by Gasteiger charge is 2.11. The second-order valence-corrected chi connectivity index (χ2v) is 4.92.